The van der Waals surface area contributed by atoms with Gasteiger partial charge in [-0.05, 0) is 25.1 Å². The largest absolute Gasteiger partial charge is 0.481 e. The topological polar surface area (TPSA) is 56.3 Å². The van der Waals surface area contributed by atoms with Crippen molar-refractivity contribution in [3.05, 3.63) is 24.0 Å². The fraction of sp³-hybridized carbons (Fsp3) is 0.545. The molecule has 0 aliphatic heterocycles. The van der Waals surface area contributed by atoms with Crippen molar-refractivity contribution in [3.8, 4) is 0 Å². The Kier molecular flexibility index (Phi) is 4.37. The zero-order valence-electron chi connectivity index (χ0n) is 9.23. The van der Waals surface area contributed by atoms with Crippen LogP contribution >= 0.6 is 0 Å². The molecule has 1 rings (SSSR count). The summed E-state index contributed by atoms with van der Waals surface area (Å²) >= 11 is 0. The van der Waals surface area contributed by atoms with Crippen LogP contribution in [0.15, 0.2) is 18.5 Å². The molecule has 4 heteroatoms. The summed E-state index contributed by atoms with van der Waals surface area (Å²) < 4.78 is 0. The van der Waals surface area contributed by atoms with Gasteiger partial charge in [-0.1, -0.05) is 6.92 Å². The average molecular weight is 210 g/mol. The van der Waals surface area contributed by atoms with E-state index in [0.717, 1.165) is 13.0 Å². The van der Waals surface area contributed by atoms with Crippen LogP contribution in [0.5, 0.6) is 0 Å². The number of aromatic nitrogens is 1. The maximum absolute atomic E-state index is 10.6. The molecule has 0 saturated carbocycles. The minimum atomic E-state index is -0.733. The molecule has 0 saturated heterocycles. The van der Waals surface area contributed by atoms with Crippen LogP contribution < -0.4 is 0 Å². The van der Waals surface area contributed by atoms with Gasteiger partial charge < -0.3 is 15.0 Å². The van der Waals surface area contributed by atoms with Crippen molar-refractivity contribution >= 4 is 5.97 Å². The third-order valence-corrected chi connectivity index (χ3v) is 2.45. The molecule has 15 heavy (non-hydrogen) atoms. The third-order valence-electron chi connectivity index (χ3n) is 2.45. The second kappa shape index (κ2) is 5.56. The van der Waals surface area contributed by atoms with E-state index in [2.05, 4.69) is 4.98 Å². The second-order valence-electron chi connectivity index (χ2n) is 3.97. The standard InChI is InChI=1S/C11H18N2O2/c1-9(11(14)15)8-13(2)6-4-10-3-5-12-7-10/h3,5,7,9,12H,4,6,8H2,1-2H3,(H,14,15). The van der Waals surface area contributed by atoms with Gasteiger partial charge in [0.05, 0.1) is 5.92 Å². The van der Waals surface area contributed by atoms with Crippen LogP contribution in [-0.2, 0) is 11.2 Å². The van der Waals surface area contributed by atoms with E-state index < -0.39 is 5.97 Å². The molecule has 0 amide bonds. The molecule has 0 fully saturated rings. The number of carboxylic acid groups (broad SMARTS) is 1. The molecule has 0 aliphatic rings. The van der Waals surface area contributed by atoms with Gasteiger partial charge in [-0.2, -0.15) is 0 Å². The SMILES string of the molecule is CC(CN(C)CCc1cc[nH]c1)C(=O)O. The number of nitrogens with one attached hydrogen (secondary N) is 1. The van der Waals surface area contributed by atoms with Gasteiger partial charge in [-0.3, -0.25) is 4.79 Å². The first kappa shape index (κ1) is 11.8. The van der Waals surface area contributed by atoms with Crippen molar-refractivity contribution in [2.24, 2.45) is 5.92 Å². The third kappa shape index (κ3) is 4.16. The lowest BCUT2D eigenvalue weighted by atomic mass is 10.1. The number of aliphatic carboxylic acids is 1. The molecular weight excluding hydrogens is 192 g/mol. The van der Waals surface area contributed by atoms with Crippen molar-refractivity contribution in [2.75, 3.05) is 20.1 Å². The molecule has 0 spiro atoms. The highest BCUT2D eigenvalue weighted by Gasteiger charge is 2.13. The molecule has 0 radical (unpaired) electrons. The van der Waals surface area contributed by atoms with Gasteiger partial charge in [0, 0.05) is 25.5 Å². The summed E-state index contributed by atoms with van der Waals surface area (Å²) in [6, 6.07) is 2.04. The Labute approximate surface area is 89.9 Å². The van der Waals surface area contributed by atoms with Crippen LogP contribution in [0.2, 0.25) is 0 Å². The van der Waals surface area contributed by atoms with E-state index in [-0.39, 0.29) is 5.92 Å². The van der Waals surface area contributed by atoms with Gasteiger partial charge >= 0.3 is 5.97 Å². The summed E-state index contributed by atoms with van der Waals surface area (Å²) in [5.41, 5.74) is 1.25. The predicted molar refractivity (Wildman–Crippen MR) is 58.8 cm³/mol. The Morgan fingerprint density at radius 2 is 2.40 bits per heavy atom. The van der Waals surface area contributed by atoms with E-state index in [1.54, 1.807) is 6.92 Å². The lowest BCUT2D eigenvalue weighted by molar-refractivity contribution is -0.141. The Balaban J connectivity index is 2.24. The first-order chi connectivity index (χ1) is 7.09. The van der Waals surface area contributed by atoms with E-state index >= 15 is 0 Å². The summed E-state index contributed by atoms with van der Waals surface area (Å²) in [6.07, 6.45) is 4.82. The zero-order valence-corrected chi connectivity index (χ0v) is 9.23. The number of carbonyl (C=O) groups is 1. The highest BCUT2D eigenvalue weighted by atomic mass is 16.4. The van der Waals surface area contributed by atoms with Crippen molar-refractivity contribution in [1.29, 1.82) is 0 Å². The Hall–Kier alpha value is -1.29. The molecule has 0 bridgehead atoms. The van der Waals surface area contributed by atoms with Crippen LogP contribution in [0.1, 0.15) is 12.5 Å². The smallest absolute Gasteiger partial charge is 0.307 e. The molecule has 1 aromatic rings. The summed E-state index contributed by atoms with van der Waals surface area (Å²) in [6.45, 7) is 3.21. The van der Waals surface area contributed by atoms with Gasteiger partial charge in [-0.25, -0.2) is 0 Å². The fourth-order valence-electron chi connectivity index (χ4n) is 1.47. The highest BCUT2D eigenvalue weighted by molar-refractivity contribution is 5.69. The number of hydrogen-bond donors (Lipinski definition) is 2. The first-order valence-corrected chi connectivity index (χ1v) is 5.12. The lowest BCUT2D eigenvalue weighted by Crippen LogP contribution is -2.30. The Bertz CT molecular complexity index is 296. The molecule has 0 aromatic carbocycles. The molecule has 1 aromatic heterocycles. The van der Waals surface area contributed by atoms with Crippen molar-refractivity contribution in [3.63, 3.8) is 0 Å². The number of aromatic amines is 1. The van der Waals surface area contributed by atoms with Crippen LogP contribution in [0.3, 0.4) is 0 Å². The van der Waals surface area contributed by atoms with Crippen LogP contribution in [0, 0.1) is 5.92 Å². The minimum absolute atomic E-state index is 0.304. The number of H-pyrrole nitrogens is 1. The van der Waals surface area contributed by atoms with E-state index in [1.165, 1.54) is 5.56 Å². The van der Waals surface area contributed by atoms with Gasteiger partial charge in [0.15, 0.2) is 0 Å². The molecule has 4 nitrogen and oxygen atoms in total. The van der Waals surface area contributed by atoms with Crippen molar-refractivity contribution < 1.29 is 9.90 Å². The quantitative estimate of drug-likeness (QED) is 0.742. The van der Waals surface area contributed by atoms with Gasteiger partial charge in [0.25, 0.3) is 0 Å². The average Bonchev–Trinajstić information content (AvgIpc) is 2.66. The first-order valence-electron chi connectivity index (χ1n) is 5.12. The van der Waals surface area contributed by atoms with Crippen molar-refractivity contribution in [2.45, 2.75) is 13.3 Å². The van der Waals surface area contributed by atoms with E-state index in [9.17, 15) is 4.79 Å². The number of likely N-dealkylation sites (N-methyl/N-ethyl adjacent to an activating group) is 1. The molecule has 1 heterocycles. The van der Waals surface area contributed by atoms with E-state index in [4.69, 9.17) is 5.11 Å². The summed E-state index contributed by atoms with van der Waals surface area (Å²) in [5.74, 6) is -1.04. The Morgan fingerprint density at radius 3 is 2.93 bits per heavy atom. The van der Waals surface area contributed by atoms with Crippen LogP contribution in [0.25, 0.3) is 0 Å². The molecule has 1 atom stereocenters. The number of hydrogen-bond acceptors (Lipinski definition) is 2. The minimum Gasteiger partial charge on any atom is -0.481 e. The summed E-state index contributed by atoms with van der Waals surface area (Å²) in [7, 11) is 1.95. The number of rotatable bonds is 6. The van der Waals surface area contributed by atoms with Crippen molar-refractivity contribution in [1.82, 2.24) is 9.88 Å². The predicted octanol–water partition coefficient (Wildman–Crippen LogP) is 1.21. The van der Waals surface area contributed by atoms with E-state index in [0.29, 0.717) is 6.54 Å². The Morgan fingerprint density at radius 1 is 1.67 bits per heavy atom. The van der Waals surface area contributed by atoms with Gasteiger partial charge in [0.2, 0.25) is 0 Å². The van der Waals surface area contributed by atoms with Gasteiger partial charge in [-0.15, -0.1) is 0 Å². The summed E-state index contributed by atoms with van der Waals surface area (Å²) in [5, 5.41) is 8.75. The molecular formula is C11H18N2O2. The highest BCUT2D eigenvalue weighted by Crippen LogP contribution is 2.02. The van der Waals surface area contributed by atoms with Gasteiger partial charge in [0.1, 0.15) is 0 Å². The monoisotopic (exact) mass is 210 g/mol. The summed E-state index contributed by atoms with van der Waals surface area (Å²) in [4.78, 5) is 15.7. The lowest BCUT2D eigenvalue weighted by Gasteiger charge is -2.18. The molecule has 0 aliphatic carbocycles. The number of nitrogens with zero attached hydrogens (tertiary/aromatic N) is 1. The molecule has 84 valence electrons. The fourth-order valence-corrected chi connectivity index (χ4v) is 1.47. The maximum atomic E-state index is 10.6. The second-order valence-corrected chi connectivity index (χ2v) is 3.97. The zero-order chi connectivity index (χ0) is 11.3. The molecule has 1 unspecified atom stereocenters. The van der Waals surface area contributed by atoms with E-state index in [1.807, 2.05) is 30.4 Å². The number of carboxylic acids is 1. The maximum Gasteiger partial charge on any atom is 0.307 e. The van der Waals surface area contributed by atoms with Crippen LogP contribution in [0.4, 0.5) is 0 Å². The normalized spacial score (nSPS) is 13.0. The molecule has 2 N–H and O–H groups in total. The van der Waals surface area contributed by atoms with Crippen LogP contribution in [-0.4, -0.2) is 41.1 Å².